The van der Waals surface area contributed by atoms with Crippen molar-refractivity contribution >= 4 is 38.6 Å². The van der Waals surface area contributed by atoms with Crippen LogP contribution in [0.15, 0.2) is 71.2 Å². The fourth-order valence-corrected chi connectivity index (χ4v) is 3.30. The maximum atomic E-state index is 12.3. The number of H-pyrrole nitrogens is 1. The number of hydrogen-bond donors (Lipinski definition) is 2. The van der Waals surface area contributed by atoms with Gasteiger partial charge in [-0.15, -0.1) is 0 Å². The summed E-state index contributed by atoms with van der Waals surface area (Å²) in [6, 6.07) is 21.1. The molecule has 1 amide bonds. The Bertz CT molecular complexity index is 1120. The monoisotopic (exact) mass is 435 g/mol. The average Bonchev–Trinajstić information content (AvgIpc) is 3.13. The third-order valence-corrected chi connectivity index (χ3v) is 4.86. The number of rotatable bonds is 5. The number of aryl methyl sites for hydroxylation is 1. The molecule has 3 aromatic carbocycles. The molecule has 6 heteroatoms. The first-order valence-electron chi connectivity index (χ1n) is 8.83. The lowest BCUT2D eigenvalue weighted by Gasteiger charge is -2.12. The highest BCUT2D eigenvalue weighted by atomic mass is 79.9. The first-order valence-corrected chi connectivity index (χ1v) is 9.62. The molecule has 0 aliphatic carbocycles. The highest BCUT2D eigenvalue weighted by Gasteiger charge is 2.13. The minimum Gasteiger partial charge on any atom is -0.483 e. The smallest absolute Gasteiger partial charge is 0.262 e. The number of carbonyl (C=O) groups excluding carboxylic acids is 1. The zero-order valence-corrected chi connectivity index (χ0v) is 16.8. The molecule has 1 heterocycles. The second-order valence-corrected chi connectivity index (χ2v) is 7.31. The predicted molar refractivity (Wildman–Crippen MR) is 115 cm³/mol. The fraction of sp³-hybridized carbons (Fsp3) is 0.0909. The summed E-state index contributed by atoms with van der Waals surface area (Å²) < 4.78 is 6.73. The zero-order valence-electron chi connectivity index (χ0n) is 15.2. The van der Waals surface area contributed by atoms with Gasteiger partial charge in [-0.05, 0) is 48.9 Å². The summed E-state index contributed by atoms with van der Waals surface area (Å²) in [4.78, 5) is 20.3. The molecule has 1 aromatic heterocycles. The lowest BCUT2D eigenvalue weighted by Crippen LogP contribution is -2.20. The Labute approximate surface area is 170 Å². The molecule has 0 fully saturated rings. The molecule has 0 saturated heterocycles. The van der Waals surface area contributed by atoms with Gasteiger partial charge in [-0.2, -0.15) is 0 Å². The van der Waals surface area contributed by atoms with E-state index in [2.05, 4.69) is 31.2 Å². The van der Waals surface area contributed by atoms with Crippen molar-refractivity contribution in [2.75, 3.05) is 11.9 Å². The Morgan fingerprint density at radius 3 is 2.71 bits per heavy atom. The van der Waals surface area contributed by atoms with Crippen molar-refractivity contribution in [3.8, 4) is 17.1 Å². The number of nitrogens with zero attached hydrogens (tertiary/aromatic N) is 1. The minimum atomic E-state index is -0.215. The Balaban J connectivity index is 1.55. The number of hydrogen-bond acceptors (Lipinski definition) is 3. The Hall–Kier alpha value is -3.12. The number of benzene rings is 3. The molecular formula is C22H18BrN3O2. The highest BCUT2D eigenvalue weighted by molar-refractivity contribution is 9.10. The Kier molecular flexibility index (Phi) is 5.12. The maximum Gasteiger partial charge on any atom is 0.262 e. The van der Waals surface area contributed by atoms with Crippen molar-refractivity contribution in [1.82, 2.24) is 9.97 Å². The van der Waals surface area contributed by atoms with E-state index in [4.69, 9.17) is 4.74 Å². The zero-order chi connectivity index (χ0) is 19.5. The van der Waals surface area contributed by atoms with Gasteiger partial charge in [0, 0.05) is 10.2 Å². The van der Waals surface area contributed by atoms with E-state index in [9.17, 15) is 4.79 Å². The number of fused-ring (bicyclic) bond motifs is 1. The van der Waals surface area contributed by atoms with Crippen LogP contribution in [0, 0.1) is 6.92 Å². The van der Waals surface area contributed by atoms with Crippen LogP contribution in [0.5, 0.6) is 5.75 Å². The van der Waals surface area contributed by atoms with Crippen molar-refractivity contribution in [1.29, 1.82) is 0 Å². The summed E-state index contributed by atoms with van der Waals surface area (Å²) in [6.07, 6.45) is 0. The quantitative estimate of drug-likeness (QED) is 0.445. The number of ether oxygens (including phenoxy) is 1. The van der Waals surface area contributed by atoms with Crippen LogP contribution in [0.3, 0.4) is 0 Å². The molecule has 0 atom stereocenters. The van der Waals surface area contributed by atoms with Crippen LogP contribution in [0.25, 0.3) is 22.4 Å². The van der Waals surface area contributed by atoms with Crippen molar-refractivity contribution in [2.45, 2.75) is 6.92 Å². The standard InChI is InChI=1S/C22H18BrN3O2/c1-14-6-2-3-7-17(14)24-21(27)13-28-20-11-10-15(23)12-16(20)22-25-18-8-4-5-9-19(18)26-22/h2-12H,13H2,1H3,(H,24,27)(H,25,26). The number of carbonyl (C=O) groups is 1. The van der Waals surface area contributed by atoms with E-state index in [1.165, 1.54) is 0 Å². The van der Waals surface area contributed by atoms with Crippen molar-refractivity contribution in [3.63, 3.8) is 0 Å². The van der Waals surface area contributed by atoms with Gasteiger partial charge in [-0.25, -0.2) is 4.98 Å². The molecule has 140 valence electrons. The Morgan fingerprint density at radius 1 is 1.11 bits per heavy atom. The van der Waals surface area contributed by atoms with E-state index in [-0.39, 0.29) is 12.5 Å². The van der Waals surface area contributed by atoms with Gasteiger partial charge in [0.05, 0.1) is 16.6 Å². The van der Waals surface area contributed by atoms with Gasteiger partial charge in [-0.3, -0.25) is 4.79 Å². The molecule has 0 aliphatic rings. The second kappa shape index (κ2) is 7.86. The van der Waals surface area contributed by atoms with Gasteiger partial charge < -0.3 is 15.0 Å². The lowest BCUT2D eigenvalue weighted by atomic mass is 10.2. The molecule has 5 nitrogen and oxygen atoms in total. The summed E-state index contributed by atoms with van der Waals surface area (Å²) in [7, 11) is 0. The largest absolute Gasteiger partial charge is 0.483 e. The molecule has 0 saturated carbocycles. The molecule has 2 N–H and O–H groups in total. The summed E-state index contributed by atoms with van der Waals surface area (Å²) in [5.41, 5.74) is 4.39. The van der Waals surface area contributed by atoms with Crippen LogP contribution in [0.1, 0.15) is 5.56 Å². The van der Waals surface area contributed by atoms with Gasteiger partial charge in [0.15, 0.2) is 6.61 Å². The summed E-state index contributed by atoms with van der Waals surface area (Å²) in [5, 5.41) is 2.88. The summed E-state index contributed by atoms with van der Waals surface area (Å²) in [6.45, 7) is 1.86. The van der Waals surface area contributed by atoms with E-state index in [0.717, 1.165) is 32.3 Å². The molecule has 0 radical (unpaired) electrons. The first-order chi connectivity index (χ1) is 13.6. The second-order valence-electron chi connectivity index (χ2n) is 6.39. The molecule has 0 spiro atoms. The van der Waals surface area contributed by atoms with Gasteiger partial charge in [-0.1, -0.05) is 46.3 Å². The van der Waals surface area contributed by atoms with Crippen molar-refractivity contribution in [2.24, 2.45) is 0 Å². The van der Waals surface area contributed by atoms with Crippen LogP contribution in [0.2, 0.25) is 0 Å². The fourth-order valence-electron chi connectivity index (χ4n) is 2.94. The number of para-hydroxylation sites is 3. The first kappa shape index (κ1) is 18.3. The van der Waals surface area contributed by atoms with E-state index in [1.807, 2.05) is 73.7 Å². The number of aromatic amines is 1. The topological polar surface area (TPSA) is 67.0 Å². The van der Waals surface area contributed by atoms with Crippen molar-refractivity contribution < 1.29 is 9.53 Å². The molecular weight excluding hydrogens is 418 g/mol. The van der Waals surface area contributed by atoms with Crippen LogP contribution in [0.4, 0.5) is 5.69 Å². The number of amides is 1. The number of imidazole rings is 1. The average molecular weight is 436 g/mol. The molecule has 0 aliphatic heterocycles. The van der Waals surface area contributed by atoms with Crippen LogP contribution in [-0.2, 0) is 4.79 Å². The predicted octanol–water partition coefficient (Wildman–Crippen LogP) is 5.32. The van der Waals surface area contributed by atoms with E-state index < -0.39 is 0 Å². The maximum absolute atomic E-state index is 12.3. The minimum absolute atomic E-state index is 0.0941. The van der Waals surface area contributed by atoms with Gasteiger partial charge in [0.25, 0.3) is 5.91 Å². The van der Waals surface area contributed by atoms with Crippen LogP contribution in [-0.4, -0.2) is 22.5 Å². The molecule has 0 unspecified atom stereocenters. The molecule has 4 rings (SSSR count). The number of nitrogens with one attached hydrogen (secondary N) is 2. The summed E-state index contributed by atoms with van der Waals surface area (Å²) in [5.74, 6) is 1.06. The third kappa shape index (κ3) is 3.92. The van der Waals surface area contributed by atoms with Crippen LogP contribution < -0.4 is 10.1 Å². The Morgan fingerprint density at radius 2 is 1.89 bits per heavy atom. The van der Waals surface area contributed by atoms with Crippen molar-refractivity contribution in [3.05, 3.63) is 76.8 Å². The van der Waals surface area contributed by atoms with E-state index in [1.54, 1.807) is 0 Å². The SMILES string of the molecule is Cc1ccccc1NC(=O)COc1ccc(Br)cc1-c1nc2ccccc2[nH]1. The molecule has 0 bridgehead atoms. The molecule has 28 heavy (non-hydrogen) atoms. The number of anilines is 1. The lowest BCUT2D eigenvalue weighted by molar-refractivity contribution is -0.118. The van der Waals surface area contributed by atoms with Gasteiger partial charge in [0.1, 0.15) is 11.6 Å². The van der Waals surface area contributed by atoms with Gasteiger partial charge >= 0.3 is 0 Å². The van der Waals surface area contributed by atoms with E-state index >= 15 is 0 Å². The highest BCUT2D eigenvalue weighted by Crippen LogP contribution is 2.32. The molecule has 4 aromatic rings. The number of aromatic nitrogens is 2. The van der Waals surface area contributed by atoms with Gasteiger partial charge in [0.2, 0.25) is 0 Å². The normalized spacial score (nSPS) is 10.8. The summed E-state index contributed by atoms with van der Waals surface area (Å²) >= 11 is 3.49. The van der Waals surface area contributed by atoms with E-state index in [0.29, 0.717) is 11.6 Å². The third-order valence-electron chi connectivity index (χ3n) is 4.36. The number of halogens is 1. The van der Waals surface area contributed by atoms with Crippen LogP contribution >= 0.6 is 15.9 Å².